The third-order valence-corrected chi connectivity index (χ3v) is 2.81. The fourth-order valence-corrected chi connectivity index (χ4v) is 1.87. The number of halogens is 1. The summed E-state index contributed by atoms with van der Waals surface area (Å²) in [6, 6.07) is 10.9. The van der Waals surface area contributed by atoms with Crippen LogP contribution in [0.5, 0.6) is 0 Å². The summed E-state index contributed by atoms with van der Waals surface area (Å²) in [5.74, 6) is -0.218. The second kappa shape index (κ2) is 5.64. The zero-order chi connectivity index (χ0) is 13.0. The van der Waals surface area contributed by atoms with Gasteiger partial charge in [-0.3, -0.25) is 9.59 Å². The van der Waals surface area contributed by atoms with Gasteiger partial charge < -0.3 is 10.3 Å². The number of nitrogens with one attached hydrogen (secondary N) is 2. The number of rotatable bonds is 3. The van der Waals surface area contributed by atoms with Gasteiger partial charge in [-0.25, -0.2) is 0 Å². The van der Waals surface area contributed by atoms with Crippen molar-refractivity contribution in [3.8, 4) is 0 Å². The molecule has 0 aliphatic heterocycles. The van der Waals surface area contributed by atoms with Gasteiger partial charge in [0.25, 0.3) is 5.56 Å². The van der Waals surface area contributed by atoms with Crippen molar-refractivity contribution in [2.45, 2.75) is 6.42 Å². The highest BCUT2D eigenvalue weighted by atomic mass is 79.9. The minimum Gasteiger partial charge on any atom is -0.326 e. The zero-order valence-electron chi connectivity index (χ0n) is 9.44. The zero-order valence-corrected chi connectivity index (χ0v) is 11.0. The summed E-state index contributed by atoms with van der Waals surface area (Å²) in [5, 5.41) is 2.59. The Labute approximate surface area is 112 Å². The van der Waals surface area contributed by atoms with Crippen molar-refractivity contribution in [1.29, 1.82) is 0 Å². The van der Waals surface area contributed by atoms with Crippen molar-refractivity contribution in [1.82, 2.24) is 4.98 Å². The molecular weight excluding hydrogens is 296 g/mol. The topological polar surface area (TPSA) is 62.0 Å². The first-order chi connectivity index (χ1) is 8.65. The standard InChI is InChI=1S/C13H11BrN2O2/c14-10-7-11(13(18)15-8-10)16-12(17)6-9-4-2-1-3-5-9/h1-5,7-8H,6H2,(H,15,18)(H,16,17). The van der Waals surface area contributed by atoms with E-state index >= 15 is 0 Å². The van der Waals surface area contributed by atoms with Crippen LogP contribution in [0.1, 0.15) is 5.56 Å². The van der Waals surface area contributed by atoms with E-state index in [1.807, 2.05) is 30.3 Å². The third-order valence-electron chi connectivity index (χ3n) is 2.35. The van der Waals surface area contributed by atoms with Gasteiger partial charge in [-0.2, -0.15) is 0 Å². The van der Waals surface area contributed by atoms with E-state index in [0.717, 1.165) is 5.56 Å². The van der Waals surface area contributed by atoms with E-state index in [1.54, 1.807) is 6.07 Å². The highest BCUT2D eigenvalue weighted by Crippen LogP contribution is 2.10. The van der Waals surface area contributed by atoms with Gasteiger partial charge in [0.15, 0.2) is 0 Å². The SMILES string of the molecule is O=C(Cc1ccccc1)Nc1cc(Br)c[nH]c1=O. The molecule has 0 aliphatic carbocycles. The Kier molecular flexibility index (Phi) is 3.94. The summed E-state index contributed by atoms with van der Waals surface area (Å²) in [6.07, 6.45) is 1.77. The summed E-state index contributed by atoms with van der Waals surface area (Å²) in [6.45, 7) is 0. The molecule has 2 rings (SSSR count). The Hall–Kier alpha value is -1.88. The molecule has 1 heterocycles. The monoisotopic (exact) mass is 306 g/mol. The van der Waals surface area contributed by atoms with Gasteiger partial charge >= 0.3 is 0 Å². The Morgan fingerprint density at radius 2 is 2.00 bits per heavy atom. The molecule has 0 saturated heterocycles. The molecule has 2 aromatic rings. The quantitative estimate of drug-likeness (QED) is 0.914. The largest absolute Gasteiger partial charge is 0.326 e. The van der Waals surface area contributed by atoms with Crippen LogP contribution in [0.15, 0.2) is 51.9 Å². The number of H-pyrrole nitrogens is 1. The van der Waals surface area contributed by atoms with E-state index in [-0.39, 0.29) is 23.6 Å². The summed E-state index contributed by atoms with van der Waals surface area (Å²) >= 11 is 3.23. The van der Waals surface area contributed by atoms with Gasteiger partial charge in [0, 0.05) is 10.7 Å². The van der Waals surface area contributed by atoms with E-state index in [9.17, 15) is 9.59 Å². The molecule has 0 bridgehead atoms. The van der Waals surface area contributed by atoms with Crippen LogP contribution in [0.2, 0.25) is 0 Å². The summed E-state index contributed by atoms with van der Waals surface area (Å²) < 4.78 is 0.706. The van der Waals surface area contributed by atoms with Crippen molar-refractivity contribution < 1.29 is 4.79 Å². The lowest BCUT2D eigenvalue weighted by molar-refractivity contribution is -0.115. The first-order valence-electron chi connectivity index (χ1n) is 5.37. The van der Waals surface area contributed by atoms with Gasteiger partial charge in [-0.15, -0.1) is 0 Å². The van der Waals surface area contributed by atoms with Crippen molar-refractivity contribution in [3.63, 3.8) is 0 Å². The highest BCUT2D eigenvalue weighted by molar-refractivity contribution is 9.10. The van der Waals surface area contributed by atoms with Crippen molar-refractivity contribution >= 4 is 27.5 Å². The van der Waals surface area contributed by atoms with E-state index in [1.165, 1.54) is 6.20 Å². The Bertz CT molecular complexity index is 608. The molecule has 0 saturated carbocycles. The molecule has 2 N–H and O–H groups in total. The number of pyridine rings is 1. The third kappa shape index (κ3) is 3.30. The predicted molar refractivity (Wildman–Crippen MR) is 73.5 cm³/mol. The van der Waals surface area contributed by atoms with Crippen LogP contribution >= 0.6 is 15.9 Å². The number of benzene rings is 1. The molecule has 0 atom stereocenters. The minimum atomic E-state index is -0.320. The maximum Gasteiger partial charge on any atom is 0.271 e. The average molecular weight is 307 g/mol. The number of aromatic amines is 1. The lowest BCUT2D eigenvalue weighted by atomic mass is 10.1. The molecule has 1 aromatic carbocycles. The second-order valence-electron chi connectivity index (χ2n) is 3.77. The van der Waals surface area contributed by atoms with E-state index in [4.69, 9.17) is 0 Å². The van der Waals surface area contributed by atoms with E-state index in [0.29, 0.717) is 4.47 Å². The first-order valence-corrected chi connectivity index (χ1v) is 6.16. The Balaban J connectivity index is 2.08. The highest BCUT2D eigenvalue weighted by Gasteiger charge is 2.07. The van der Waals surface area contributed by atoms with Gasteiger partial charge in [0.1, 0.15) is 5.69 Å². The van der Waals surface area contributed by atoms with Crippen LogP contribution in [-0.2, 0) is 11.2 Å². The predicted octanol–water partition coefficient (Wildman–Crippen LogP) is 2.32. The van der Waals surface area contributed by atoms with E-state index < -0.39 is 0 Å². The summed E-state index contributed by atoms with van der Waals surface area (Å²) in [7, 11) is 0. The number of carbonyl (C=O) groups is 1. The van der Waals surface area contributed by atoms with Crippen LogP contribution in [0.25, 0.3) is 0 Å². The number of aromatic nitrogens is 1. The lowest BCUT2D eigenvalue weighted by Crippen LogP contribution is -2.20. The fraction of sp³-hybridized carbons (Fsp3) is 0.0769. The van der Waals surface area contributed by atoms with Gasteiger partial charge in [-0.05, 0) is 27.6 Å². The molecule has 0 aliphatic rings. The Morgan fingerprint density at radius 1 is 1.28 bits per heavy atom. The summed E-state index contributed by atoms with van der Waals surface area (Å²) in [4.78, 5) is 25.8. The van der Waals surface area contributed by atoms with Crippen LogP contribution < -0.4 is 10.9 Å². The molecule has 0 spiro atoms. The fourth-order valence-electron chi connectivity index (χ4n) is 1.53. The van der Waals surface area contributed by atoms with Crippen LogP contribution in [0.4, 0.5) is 5.69 Å². The van der Waals surface area contributed by atoms with Crippen molar-refractivity contribution in [2.24, 2.45) is 0 Å². The second-order valence-corrected chi connectivity index (χ2v) is 4.69. The molecular formula is C13H11BrN2O2. The molecule has 0 fully saturated rings. The Morgan fingerprint density at radius 3 is 2.72 bits per heavy atom. The molecule has 1 amide bonds. The molecule has 4 nitrogen and oxygen atoms in total. The summed E-state index contributed by atoms with van der Waals surface area (Å²) in [5.41, 5.74) is 0.825. The average Bonchev–Trinajstić information content (AvgIpc) is 2.35. The number of hydrogen-bond acceptors (Lipinski definition) is 2. The molecule has 0 radical (unpaired) electrons. The number of amides is 1. The van der Waals surface area contributed by atoms with E-state index in [2.05, 4.69) is 26.2 Å². The van der Waals surface area contributed by atoms with Crippen LogP contribution in [0.3, 0.4) is 0 Å². The van der Waals surface area contributed by atoms with Crippen molar-refractivity contribution in [2.75, 3.05) is 5.32 Å². The number of hydrogen-bond donors (Lipinski definition) is 2. The molecule has 1 aromatic heterocycles. The molecule has 0 unspecified atom stereocenters. The molecule has 92 valence electrons. The molecule has 5 heteroatoms. The van der Waals surface area contributed by atoms with Crippen LogP contribution in [0, 0.1) is 0 Å². The normalized spacial score (nSPS) is 10.1. The van der Waals surface area contributed by atoms with Gasteiger partial charge in [0.2, 0.25) is 5.91 Å². The lowest BCUT2D eigenvalue weighted by Gasteiger charge is -2.04. The smallest absolute Gasteiger partial charge is 0.271 e. The minimum absolute atomic E-state index is 0.218. The van der Waals surface area contributed by atoms with Gasteiger partial charge in [0.05, 0.1) is 6.42 Å². The van der Waals surface area contributed by atoms with Crippen LogP contribution in [-0.4, -0.2) is 10.9 Å². The number of carbonyl (C=O) groups excluding carboxylic acids is 1. The number of anilines is 1. The molecule has 18 heavy (non-hydrogen) atoms. The van der Waals surface area contributed by atoms with Crippen molar-refractivity contribution in [3.05, 3.63) is 63.0 Å². The maximum atomic E-state index is 11.8. The maximum absolute atomic E-state index is 11.8. The van der Waals surface area contributed by atoms with Gasteiger partial charge in [-0.1, -0.05) is 30.3 Å². The first kappa shape index (κ1) is 12.6.